The highest BCUT2D eigenvalue weighted by atomic mass is 32.1. The molecule has 1 saturated heterocycles. The Morgan fingerprint density at radius 2 is 1.87 bits per heavy atom. The second kappa shape index (κ2) is 8.58. The standard InChI is InChI=1S/C21H22N4O4S/c1-14(26)16-4-2-5-17(11-16)23-20(27)24-8-3-9-25(24)21(30)22-12-15-6-7-18-19(10-15)29-13-28-18/h2,4-7,10-11H,3,8-9,12-13H2,1H3,(H,22,30)(H,23,27). The first-order chi connectivity index (χ1) is 14.5. The van der Waals surface area contributed by atoms with Crippen molar-refractivity contribution in [1.82, 2.24) is 15.3 Å². The smallest absolute Gasteiger partial charge is 0.340 e. The van der Waals surface area contributed by atoms with Crippen molar-refractivity contribution in [2.75, 3.05) is 25.2 Å². The highest BCUT2D eigenvalue weighted by molar-refractivity contribution is 7.80. The Morgan fingerprint density at radius 3 is 2.70 bits per heavy atom. The molecule has 2 aliphatic heterocycles. The molecule has 30 heavy (non-hydrogen) atoms. The summed E-state index contributed by atoms with van der Waals surface area (Å²) in [6, 6.07) is 12.3. The Bertz CT molecular complexity index is 997. The second-order valence-electron chi connectivity index (χ2n) is 7.01. The summed E-state index contributed by atoms with van der Waals surface area (Å²) in [6.07, 6.45) is 0.812. The minimum Gasteiger partial charge on any atom is -0.454 e. The summed E-state index contributed by atoms with van der Waals surface area (Å²) in [6.45, 7) is 3.44. The van der Waals surface area contributed by atoms with Gasteiger partial charge in [0.1, 0.15) is 0 Å². The lowest BCUT2D eigenvalue weighted by molar-refractivity contribution is 0.101. The molecule has 0 spiro atoms. The zero-order valence-electron chi connectivity index (χ0n) is 16.5. The molecule has 2 aromatic carbocycles. The molecule has 2 N–H and O–H groups in total. The number of benzene rings is 2. The van der Waals surface area contributed by atoms with E-state index in [1.165, 1.54) is 6.92 Å². The first-order valence-electron chi connectivity index (χ1n) is 9.64. The summed E-state index contributed by atoms with van der Waals surface area (Å²) >= 11 is 5.52. The van der Waals surface area contributed by atoms with E-state index in [2.05, 4.69) is 10.6 Å². The normalized spacial score (nSPS) is 14.6. The largest absolute Gasteiger partial charge is 0.454 e. The highest BCUT2D eigenvalue weighted by Crippen LogP contribution is 2.32. The van der Waals surface area contributed by atoms with E-state index in [0.29, 0.717) is 36.0 Å². The number of amides is 2. The number of hydrogen-bond donors (Lipinski definition) is 2. The number of ether oxygens (including phenoxy) is 2. The maximum Gasteiger partial charge on any atom is 0.340 e. The molecular weight excluding hydrogens is 404 g/mol. The number of hydrazine groups is 1. The van der Waals surface area contributed by atoms with Crippen LogP contribution in [0.5, 0.6) is 11.5 Å². The molecule has 0 aliphatic carbocycles. The van der Waals surface area contributed by atoms with Crippen molar-refractivity contribution in [1.29, 1.82) is 0 Å². The minimum absolute atomic E-state index is 0.0530. The van der Waals surface area contributed by atoms with Crippen LogP contribution in [0.4, 0.5) is 10.5 Å². The average molecular weight is 426 g/mol. The van der Waals surface area contributed by atoms with E-state index in [-0.39, 0.29) is 18.6 Å². The van der Waals surface area contributed by atoms with E-state index in [4.69, 9.17) is 21.7 Å². The van der Waals surface area contributed by atoms with Gasteiger partial charge in [-0.2, -0.15) is 0 Å². The molecule has 8 nitrogen and oxygen atoms in total. The van der Waals surface area contributed by atoms with Gasteiger partial charge in [-0.1, -0.05) is 18.2 Å². The van der Waals surface area contributed by atoms with Gasteiger partial charge in [-0.15, -0.1) is 0 Å². The number of urea groups is 1. The molecule has 1 fully saturated rings. The Hall–Kier alpha value is -3.33. The number of thiocarbonyl (C=S) groups is 1. The first kappa shape index (κ1) is 20.0. The third-order valence-corrected chi connectivity index (χ3v) is 5.26. The zero-order chi connectivity index (χ0) is 21.1. The van der Waals surface area contributed by atoms with Crippen LogP contribution in [0, 0.1) is 0 Å². The van der Waals surface area contributed by atoms with Crippen LogP contribution in [-0.4, -0.2) is 46.8 Å². The van der Waals surface area contributed by atoms with Gasteiger partial charge < -0.3 is 20.1 Å². The molecule has 0 unspecified atom stereocenters. The predicted octanol–water partition coefficient (Wildman–Crippen LogP) is 3.15. The van der Waals surface area contributed by atoms with Crippen LogP contribution in [0.15, 0.2) is 42.5 Å². The fraction of sp³-hybridized carbons (Fsp3) is 0.286. The molecule has 4 rings (SSSR count). The van der Waals surface area contributed by atoms with E-state index < -0.39 is 0 Å². The number of hydrogen-bond acceptors (Lipinski definition) is 5. The summed E-state index contributed by atoms with van der Waals surface area (Å²) in [5.41, 5.74) is 2.11. The number of nitrogens with zero attached hydrogens (tertiary/aromatic N) is 2. The van der Waals surface area contributed by atoms with Crippen LogP contribution < -0.4 is 20.1 Å². The maximum atomic E-state index is 12.8. The minimum atomic E-state index is -0.291. The van der Waals surface area contributed by atoms with E-state index in [1.807, 2.05) is 18.2 Å². The molecule has 0 saturated carbocycles. The number of carbonyl (C=O) groups is 2. The van der Waals surface area contributed by atoms with Crippen LogP contribution in [0.25, 0.3) is 0 Å². The SMILES string of the molecule is CC(=O)c1cccc(NC(=O)N2CCCN2C(=S)NCc2ccc3c(c2)OCO3)c1. The van der Waals surface area contributed by atoms with Crippen molar-refractivity contribution < 1.29 is 19.1 Å². The molecule has 2 aliphatic rings. The Labute approximate surface area is 179 Å². The van der Waals surface area contributed by atoms with Crippen LogP contribution in [0.3, 0.4) is 0 Å². The van der Waals surface area contributed by atoms with Gasteiger partial charge in [-0.3, -0.25) is 9.80 Å². The van der Waals surface area contributed by atoms with Crippen LogP contribution >= 0.6 is 12.2 Å². The number of ketones is 1. The van der Waals surface area contributed by atoms with E-state index in [1.54, 1.807) is 34.3 Å². The number of nitrogens with one attached hydrogen (secondary N) is 2. The Kier molecular flexibility index (Phi) is 5.71. The molecular formula is C21H22N4O4S. The van der Waals surface area contributed by atoms with E-state index in [9.17, 15) is 9.59 Å². The molecule has 2 aromatic rings. The molecule has 0 atom stereocenters. The lowest BCUT2D eigenvalue weighted by Gasteiger charge is -2.30. The van der Waals surface area contributed by atoms with Gasteiger partial charge >= 0.3 is 6.03 Å². The quantitative estimate of drug-likeness (QED) is 0.574. The molecule has 0 radical (unpaired) electrons. The summed E-state index contributed by atoms with van der Waals surface area (Å²) in [5.74, 6) is 1.40. The summed E-state index contributed by atoms with van der Waals surface area (Å²) in [4.78, 5) is 24.3. The Balaban J connectivity index is 1.36. The van der Waals surface area contributed by atoms with Crippen molar-refractivity contribution >= 4 is 34.8 Å². The topological polar surface area (TPSA) is 83.1 Å². The van der Waals surface area contributed by atoms with Crippen molar-refractivity contribution in [2.45, 2.75) is 19.9 Å². The maximum absolute atomic E-state index is 12.8. The van der Waals surface area contributed by atoms with Gasteiger partial charge in [-0.05, 0) is 55.4 Å². The molecule has 156 valence electrons. The summed E-state index contributed by atoms with van der Waals surface area (Å²) in [7, 11) is 0. The first-order valence-corrected chi connectivity index (χ1v) is 10.1. The monoisotopic (exact) mass is 426 g/mol. The van der Waals surface area contributed by atoms with Crippen molar-refractivity contribution in [3.8, 4) is 11.5 Å². The summed E-state index contributed by atoms with van der Waals surface area (Å²) in [5, 5.41) is 9.85. The van der Waals surface area contributed by atoms with Gasteiger partial charge in [0.25, 0.3) is 0 Å². The fourth-order valence-electron chi connectivity index (χ4n) is 3.36. The number of fused-ring (bicyclic) bond motifs is 1. The van der Waals surface area contributed by atoms with Crippen LogP contribution in [0.2, 0.25) is 0 Å². The lowest BCUT2D eigenvalue weighted by atomic mass is 10.1. The van der Waals surface area contributed by atoms with Gasteiger partial charge in [0.15, 0.2) is 22.4 Å². The molecule has 9 heteroatoms. The zero-order valence-corrected chi connectivity index (χ0v) is 17.3. The van der Waals surface area contributed by atoms with Gasteiger partial charge in [-0.25, -0.2) is 9.80 Å². The van der Waals surface area contributed by atoms with E-state index in [0.717, 1.165) is 23.5 Å². The fourth-order valence-corrected chi connectivity index (χ4v) is 3.62. The second-order valence-corrected chi connectivity index (χ2v) is 7.40. The van der Waals surface area contributed by atoms with Crippen molar-refractivity contribution in [3.63, 3.8) is 0 Å². The number of Topliss-reactive ketones (excluding diaryl/α,β-unsaturated/α-hetero) is 1. The molecule has 2 heterocycles. The lowest BCUT2D eigenvalue weighted by Crippen LogP contribution is -2.50. The van der Waals surface area contributed by atoms with E-state index >= 15 is 0 Å². The van der Waals surface area contributed by atoms with Crippen LogP contribution in [-0.2, 0) is 6.54 Å². The molecule has 0 bridgehead atoms. The predicted molar refractivity (Wildman–Crippen MR) is 115 cm³/mol. The van der Waals surface area contributed by atoms with Gasteiger partial charge in [0.05, 0.1) is 0 Å². The molecule has 0 aromatic heterocycles. The Morgan fingerprint density at radius 1 is 1.07 bits per heavy atom. The third-order valence-electron chi connectivity index (χ3n) is 4.90. The third kappa shape index (κ3) is 4.30. The molecule has 2 amide bonds. The number of carbonyl (C=O) groups excluding carboxylic acids is 2. The van der Waals surface area contributed by atoms with Gasteiger partial charge in [0.2, 0.25) is 6.79 Å². The number of anilines is 1. The van der Waals surface area contributed by atoms with Crippen LogP contribution in [0.1, 0.15) is 29.3 Å². The number of rotatable bonds is 4. The average Bonchev–Trinajstić information content (AvgIpc) is 3.41. The summed E-state index contributed by atoms with van der Waals surface area (Å²) < 4.78 is 10.7. The van der Waals surface area contributed by atoms with Crippen molar-refractivity contribution in [2.24, 2.45) is 0 Å². The van der Waals surface area contributed by atoms with Gasteiger partial charge in [0, 0.05) is 30.9 Å². The van der Waals surface area contributed by atoms with Crippen molar-refractivity contribution in [3.05, 3.63) is 53.6 Å². The highest BCUT2D eigenvalue weighted by Gasteiger charge is 2.29.